The largest absolute Gasteiger partial charge is 0.497 e. The molecule has 0 saturated heterocycles. The van der Waals surface area contributed by atoms with Crippen molar-refractivity contribution in [2.45, 2.75) is 6.92 Å². The van der Waals surface area contributed by atoms with E-state index in [0.29, 0.717) is 0 Å². The molecular formula is C11H13NO2S. The van der Waals surface area contributed by atoms with E-state index >= 15 is 0 Å². The maximum Gasteiger partial charge on any atom is 0.230 e. The Morgan fingerprint density at radius 1 is 1.47 bits per heavy atom. The van der Waals surface area contributed by atoms with E-state index in [0.717, 1.165) is 17.2 Å². The van der Waals surface area contributed by atoms with E-state index in [9.17, 15) is 4.79 Å². The molecule has 0 spiro atoms. The van der Waals surface area contributed by atoms with Crippen LogP contribution >= 0.6 is 11.8 Å². The van der Waals surface area contributed by atoms with Gasteiger partial charge in [0.2, 0.25) is 5.12 Å². The standard InChI is InChI=1S/C11H13NO2S/c1-3-15-11(13)8-12-9-4-6-10(14-2)7-5-9/h4-8H,3H2,1-2H3. The smallest absolute Gasteiger partial charge is 0.230 e. The maximum atomic E-state index is 11.1. The molecule has 80 valence electrons. The summed E-state index contributed by atoms with van der Waals surface area (Å²) in [6, 6.07) is 7.23. The Morgan fingerprint density at radius 3 is 2.67 bits per heavy atom. The number of nitrogens with zero attached hydrogens (tertiary/aromatic N) is 1. The zero-order valence-corrected chi connectivity index (χ0v) is 9.58. The van der Waals surface area contributed by atoms with Crippen molar-refractivity contribution < 1.29 is 9.53 Å². The quantitative estimate of drug-likeness (QED) is 0.737. The van der Waals surface area contributed by atoms with Crippen LogP contribution < -0.4 is 4.74 Å². The molecule has 1 rings (SSSR count). The fourth-order valence-electron chi connectivity index (χ4n) is 0.975. The normalized spacial score (nSPS) is 10.5. The number of benzene rings is 1. The highest BCUT2D eigenvalue weighted by Gasteiger charge is 1.95. The van der Waals surface area contributed by atoms with Gasteiger partial charge in [-0.1, -0.05) is 18.7 Å². The van der Waals surface area contributed by atoms with Crippen LogP contribution in [0.15, 0.2) is 29.3 Å². The summed E-state index contributed by atoms with van der Waals surface area (Å²) in [4.78, 5) is 15.2. The average Bonchev–Trinajstić information content (AvgIpc) is 2.27. The van der Waals surface area contributed by atoms with E-state index in [1.807, 2.05) is 19.1 Å². The molecule has 3 nitrogen and oxygen atoms in total. The van der Waals surface area contributed by atoms with Gasteiger partial charge < -0.3 is 4.74 Å². The van der Waals surface area contributed by atoms with Crippen molar-refractivity contribution in [3.8, 4) is 5.75 Å². The molecule has 0 aliphatic heterocycles. The number of ether oxygens (including phenoxy) is 1. The summed E-state index contributed by atoms with van der Waals surface area (Å²) >= 11 is 1.25. The van der Waals surface area contributed by atoms with Crippen LogP contribution in [-0.2, 0) is 4.79 Å². The lowest BCUT2D eigenvalue weighted by Gasteiger charge is -1.98. The summed E-state index contributed by atoms with van der Waals surface area (Å²) in [5.41, 5.74) is 0.751. The first-order chi connectivity index (χ1) is 7.26. The zero-order chi connectivity index (χ0) is 11.1. The van der Waals surface area contributed by atoms with Crippen molar-refractivity contribution >= 4 is 28.8 Å². The highest BCUT2D eigenvalue weighted by atomic mass is 32.2. The molecular weight excluding hydrogens is 210 g/mol. The van der Waals surface area contributed by atoms with Gasteiger partial charge in [-0.05, 0) is 30.0 Å². The Morgan fingerprint density at radius 2 is 2.13 bits per heavy atom. The molecule has 0 heterocycles. The molecule has 0 atom stereocenters. The minimum Gasteiger partial charge on any atom is -0.497 e. The number of aliphatic imine (C=N–C) groups is 1. The van der Waals surface area contributed by atoms with Gasteiger partial charge in [-0.2, -0.15) is 0 Å². The fourth-order valence-corrected chi connectivity index (χ4v) is 1.39. The van der Waals surface area contributed by atoms with Gasteiger partial charge in [0.15, 0.2) is 0 Å². The second-order valence-electron chi connectivity index (χ2n) is 2.71. The van der Waals surface area contributed by atoms with Crippen molar-refractivity contribution in [1.82, 2.24) is 0 Å². The predicted octanol–water partition coefficient (Wildman–Crippen LogP) is 2.68. The second kappa shape index (κ2) is 6.24. The van der Waals surface area contributed by atoms with Crippen LogP contribution in [0.4, 0.5) is 5.69 Å². The van der Waals surface area contributed by atoms with Crippen molar-refractivity contribution in [3.05, 3.63) is 24.3 Å². The van der Waals surface area contributed by atoms with Gasteiger partial charge in [0.05, 0.1) is 19.0 Å². The number of carbonyl (C=O) groups excluding carboxylic acids is 1. The topological polar surface area (TPSA) is 38.7 Å². The van der Waals surface area contributed by atoms with Gasteiger partial charge in [-0.25, -0.2) is 0 Å². The molecule has 1 aromatic carbocycles. The number of thioether (sulfide) groups is 1. The molecule has 0 fully saturated rings. The van der Waals surface area contributed by atoms with E-state index in [1.165, 1.54) is 18.0 Å². The van der Waals surface area contributed by atoms with Gasteiger partial charge in [0.1, 0.15) is 5.75 Å². The first kappa shape index (κ1) is 11.8. The van der Waals surface area contributed by atoms with Gasteiger partial charge in [0.25, 0.3) is 0 Å². The third kappa shape index (κ3) is 4.16. The molecule has 0 aliphatic rings. The first-order valence-corrected chi connectivity index (χ1v) is 5.59. The predicted molar refractivity (Wildman–Crippen MR) is 64.3 cm³/mol. The van der Waals surface area contributed by atoms with E-state index < -0.39 is 0 Å². The summed E-state index contributed by atoms with van der Waals surface area (Å²) in [6.07, 6.45) is 1.34. The molecule has 15 heavy (non-hydrogen) atoms. The van der Waals surface area contributed by atoms with Crippen molar-refractivity contribution in [3.63, 3.8) is 0 Å². The molecule has 0 aromatic heterocycles. The Bertz CT molecular complexity index is 346. The molecule has 1 aromatic rings. The first-order valence-electron chi connectivity index (χ1n) is 4.61. The fraction of sp³-hybridized carbons (Fsp3) is 0.273. The van der Waals surface area contributed by atoms with Crippen LogP contribution in [0.1, 0.15) is 6.92 Å². The molecule has 4 heteroatoms. The van der Waals surface area contributed by atoms with Crippen LogP contribution in [0.25, 0.3) is 0 Å². The van der Waals surface area contributed by atoms with Crippen LogP contribution in [0, 0.1) is 0 Å². The van der Waals surface area contributed by atoms with Crippen molar-refractivity contribution in [1.29, 1.82) is 0 Å². The summed E-state index contributed by atoms with van der Waals surface area (Å²) in [5, 5.41) is -0.0201. The molecule has 0 N–H and O–H groups in total. The molecule has 0 aliphatic carbocycles. The second-order valence-corrected chi connectivity index (χ2v) is 3.98. The van der Waals surface area contributed by atoms with Crippen LogP contribution in [0.5, 0.6) is 5.75 Å². The third-order valence-corrected chi connectivity index (χ3v) is 2.36. The van der Waals surface area contributed by atoms with Crippen LogP contribution in [-0.4, -0.2) is 24.2 Å². The Labute approximate surface area is 93.5 Å². The summed E-state index contributed by atoms with van der Waals surface area (Å²) in [5.74, 6) is 1.55. The zero-order valence-electron chi connectivity index (χ0n) is 8.77. The summed E-state index contributed by atoms with van der Waals surface area (Å²) < 4.78 is 5.01. The van der Waals surface area contributed by atoms with Crippen LogP contribution in [0.2, 0.25) is 0 Å². The molecule has 0 unspecified atom stereocenters. The Balaban J connectivity index is 2.60. The molecule has 0 saturated carbocycles. The number of carbonyl (C=O) groups is 1. The number of rotatable bonds is 4. The Kier molecular flexibility index (Phi) is 4.90. The highest BCUT2D eigenvalue weighted by Crippen LogP contribution is 2.17. The lowest BCUT2D eigenvalue weighted by Crippen LogP contribution is -1.91. The van der Waals surface area contributed by atoms with Crippen molar-refractivity contribution in [2.75, 3.05) is 12.9 Å². The summed E-state index contributed by atoms with van der Waals surface area (Å²) in [6.45, 7) is 1.93. The SMILES string of the molecule is CCSC(=O)C=Nc1ccc(OC)cc1. The maximum absolute atomic E-state index is 11.1. The van der Waals surface area contributed by atoms with Gasteiger partial charge in [-0.15, -0.1) is 0 Å². The number of hydrogen-bond donors (Lipinski definition) is 0. The molecule has 0 amide bonds. The molecule has 0 bridgehead atoms. The minimum atomic E-state index is -0.0201. The van der Waals surface area contributed by atoms with Gasteiger partial charge in [-0.3, -0.25) is 9.79 Å². The van der Waals surface area contributed by atoms with E-state index in [1.54, 1.807) is 19.2 Å². The van der Waals surface area contributed by atoms with Gasteiger partial charge in [0, 0.05) is 0 Å². The average molecular weight is 223 g/mol. The highest BCUT2D eigenvalue weighted by molar-refractivity contribution is 8.15. The van der Waals surface area contributed by atoms with Crippen LogP contribution in [0.3, 0.4) is 0 Å². The minimum absolute atomic E-state index is 0.0201. The molecule has 0 radical (unpaired) electrons. The third-order valence-electron chi connectivity index (χ3n) is 1.68. The number of hydrogen-bond acceptors (Lipinski definition) is 4. The van der Waals surface area contributed by atoms with E-state index in [2.05, 4.69) is 4.99 Å². The summed E-state index contributed by atoms with van der Waals surface area (Å²) in [7, 11) is 1.61. The van der Waals surface area contributed by atoms with E-state index in [4.69, 9.17) is 4.74 Å². The van der Waals surface area contributed by atoms with Crippen molar-refractivity contribution in [2.24, 2.45) is 4.99 Å². The monoisotopic (exact) mass is 223 g/mol. The number of methoxy groups -OCH3 is 1. The van der Waals surface area contributed by atoms with E-state index in [-0.39, 0.29) is 5.12 Å². The Hall–Kier alpha value is -1.29. The lowest BCUT2D eigenvalue weighted by molar-refractivity contribution is -0.105. The lowest BCUT2D eigenvalue weighted by atomic mass is 10.3. The van der Waals surface area contributed by atoms with Gasteiger partial charge >= 0.3 is 0 Å².